The molecule has 0 aliphatic rings. The van der Waals surface area contributed by atoms with E-state index in [-0.39, 0.29) is 41.4 Å². The molecule has 0 atom stereocenters. The SMILES string of the molecule is C.CNC(=O)c1ccc(-c2ccc(OCc3cc(C(F)(F)F)nn3-c3c(Cl)cccc3Cl)cc2)cc1. The lowest BCUT2D eigenvalue weighted by molar-refractivity contribution is -0.141. The summed E-state index contributed by atoms with van der Waals surface area (Å²) in [5, 5.41) is 6.56. The van der Waals surface area contributed by atoms with Gasteiger partial charge in [-0.1, -0.05) is 61.0 Å². The van der Waals surface area contributed by atoms with Crippen molar-refractivity contribution < 1.29 is 22.7 Å². The quantitative estimate of drug-likeness (QED) is 0.279. The molecule has 188 valence electrons. The Labute approximate surface area is 216 Å². The summed E-state index contributed by atoms with van der Waals surface area (Å²) in [6.07, 6.45) is -4.65. The molecule has 3 aromatic carbocycles. The maximum absolute atomic E-state index is 13.4. The highest BCUT2D eigenvalue weighted by molar-refractivity contribution is 6.37. The van der Waals surface area contributed by atoms with Crippen LogP contribution in [0.5, 0.6) is 5.75 Å². The van der Waals surface area contributed by atoms with Gasteiger partial charge in [0, 0.05) is 12.6 Å². The van der Waals surface area contributed by atoms with Crippen LogP contribution in [0.25, 0.3) is 16.8 Å². The second-order valence-corrected chi connectivity index (χ2v) is 8.28. The Hall–Kier alpha value is -3.49. The smallest absolute Gasteiger partial charge is 0.435 e. The van der Waals surface area contributed by atoms with E-state index in [0.717, 1.165) is 21.9 Å². The number of hydrogen-bond donors (Lipinski definition) is 1. The van der Waals surface area contributed by atoms with Crippen LogP contribution >= 0.6 is 23.2 Å². The molecule has 4 rings (SSSR count). The van der Waals surface area contributed by atoms with Crippen LogP contribution in [-0.4, -0.2) is 22.7 Å². The zero-order chi connectivity index (χ0) is 25.2. The maximum atomic E-state index is 13.4. The molecule has 1 N–H and O–H groups in total. The fraction of sp³-hybridized carbons (Fsp3) is 0.154. The number of halogens is 5. The number of amides is 1. The molecular formula is C26H22Cl2F3N3O2. The number of nitrogens with zero attached hydrogens (tertiary/aromatic N) is 2. The van der Waals surface area contributed by atoms with E-state index in [1.165, 1.54) is 12.1 Å². The summed E-state index contributed by atoms with van der Waals surface area (Å²) in [5.74, 6) is 0.272. The highest BCUT2D eigenvalue weighted by Gasteiger charge is 2.35. The Morgan fingerprint density at radius 2 is 1.53 bits per heavy atom. The minimum absolute atomic E-state index is 0. The van der Waals surface area contributed by atoms with Gasteiger partial charge in [0.25, 0.3) is 5.91 Å². The van der Waals surface area contributed by atoms with Gasteiger partial charge in [-0.3, -0.25) is 4.79 Å². The summed E-state index contributed by atoms with van der Waals surface area (Å²) in [5.41, 5.74) is 1.51. The first-order valence-corrected chi connectivity index (χ1v) is 11.1. The summed E-state index contributed by atoms with van der Waals surface area (Å²) in [7, 11) is 1.56. The molecule has 36 heavy (non-hydrogen) atoms. The molecule has 1 amide bonds. The van der Waals surface area contributed by atoms with Crippen molar-refractivity contribution in [2.75, 3.05) is 7.05 Å². The van der Waals surface area contributed by atoms with E-state index in [1.807, 2.05) is 24.3 Å². The molecule has 0 saturated heterocycles. The van der Waals surface area contributed by atoms with Crippen LogP contribution in [0.4, 0.5) is 13.2 Å². The molecule has 0 bridgehead atoms. The molecule has 0 aliphatic heterocycles. The maximum Gasteiger partial charge on any atom is 0.435 e. The minimum Gasteiger partial charge on any atom is -0.487 e. The average Bonchev–Trinajstić information content (AvgIpc) is 3.27. The topological polar surface area (TPSA) is 56.1 Å². The summed E-state index contributed by atoms with van der Waals surface area (Å²) in [4.78, 5) is 11.7. The van der Waals surface area contributed by atoms with Gasteiger partial charge < -0.3 is 10.1 Å². The third-order valence-electron chi connectivity index (χ3n) is 5.17. The fourth-order valence-electron chi connectivity index (χ4n) is 3.41. The van der Waals surface area contributed by atoms with Gasteiger partial charge in [0.05, 0.1) is 15.7 Å². The van der Waals surface area contributed by atoms with Gasteiger partial charge in [0.1, 0.15) is 18.0 Å². The first-order chi connectivity index (χ1) is 16.7. The molecule has 4 aromatic rings. The molecule has 10 heteroatoms. The third kappa shape index (κ3) is 5.83. The first kappa shape index (κ1) is 27.1. The summed E-state index contributed by atoms with van der Waals surface area (Å²) < 4.78 is 46.9. The predicted octanol–water partition coefficient (Wildman–Crippen LogP) is 7.44. The Kier molecular flexibility index (Phi) is 8.32. The van der Waals surface area contributed by atoms with Gasteiger partial charge in [-0.05, 0) is 53.6 Å². The number of aromatic nitrogens is 2. The number of nitrogens with one attached hydrogen (secondary N) is 1. The van der Waals surface area contributed by atoms with Crippen LogP contribution in [0.2, 0.25) is 10.0 Å². The Morgan fingerprint density at radius 3 is 2.06 bits per heavy atom. The molecule has 0 radical (unpaired) electrons. The lowest BCUT2D eigenvalue weighted by Crippen LogP contribution is -2.17. The van der Waals surface area contributed by atoms with E-state index in [4.69, 9.17) is 27.9 Å². The lowest BCUT2D eigenvalue weighted by atomic mass is 10.0. The zero-order valence-corrected chi connectivity index (χ0v) is 19.7. The predicted molar refractivity (Wildman–Crippen MR) is 135 cm³/mol. The van der Waals surface area contributed by atoms with Crippen molar-refractivity contribution in [3.8, 4) is 22.6 Å². The van der Waals surface area contributed by atoms with E-state index in [9.17, 15) is 18.0 Å². The van der Waals surface area contributed by atoms with Crippen LogP contribution in [0, 0.1) is 0 Å². The molecule has 0 spiro atoms. The Balaban J connectivity index is 0.00000361. The number of carbonyl (C=O) groups excluding carboxylic acids is 1. The van der Waals surface area contributed by atoms with Crippen molar-refractivity contribution in [1.82, 2.24) is 15.1 Å². The van der Waals surface area contributed by atoms with Gasteiger partial charge >= 0.3 is 6.18 Å². The largest absolute Gasteiger partial charge is 0.487 e. The fourth-order valence-corrected chi connectivity index (χ4v) is 3.96. The van der Waals surface area contributed by atoms with Gasteiger partial charge in [0.2, 0.25) is 0 Å². The molecule has 5 nitrogen and oxygen atoms in total. The lowest BCUT2D eigenvalue weighted by Gasteiger charge is -2.12. The number of para-hydroxylation sites is 1. The Bertz CT molecular complexity index is 1330. The van der Waals surface area contributed by atoms with Crippen LogP contribution < -0.4 is 10.1 Å². The summed E-state index contributed by atoms with van der Waals surface area (Å²) in [6.45, 7) is -0.204. The molecule has 1 heterocycles. The van der Waals surface area contributed by atoms with Crippen molar-refractivity contribution in [3.63, 3.8) is 0 Å². The van der Waals surface area contributed by atoms with Gasteiger partial charge in [-0.2, -0.15) is 18.3 Å². The second-order valence-electron chi connectivity index (χ2n) is 7.47. The van der Waals surface area contributed by atoms with Crippen LogP contribution in [0.1, 0.15) is 29.2 Å². The summed E-state index contributed by atoms with van der Waals surface area (Å²) in [6, 6.07) is 19.7. The number of alkyl halides is 3. The van der Waals surface area contributed by atoms with Crippen LogP contribution in [0.15, 0.2) is 72.8 Å². The minimum atomic E-state index is -4.65. The normalized spacial score (nSPS) is 11.1. The highest BCUT2D eigenvalue weighted by atomic mass is 35.5. The highest BCUT2D eigenvalue weighted by Crippen LogP contribution is 2.34. The number of rotatable bonds is 6. The van der Waals surface area contributed by atoms with E-state index in [2.05, 4.69) is 10.4 Å². The molecule has 0 saturated carbocycles. The molecular weight excluding hydrogens is 514 g/mol. The van der Waals surface area contributed by atoms with Crippen molar-refractivity contribution in [3.05, 3.63) is 99.8 Å². The first-order valence-electron chi connectivity index (χ1n) is 10.3. The van der Waals surface area contributed by atoms with Crippen molar-refractivity contribution in [2.45, 2.75) is 20.2 Å². The number of carbonyl (C=O) groups is 1. The molecule has 0 aliphatic carbocycles. The van der Waals surface area contributed by atoms with Crippen molar-refractivity contribution in [1.29, 1.82) is 0 Å². The van der Waals surface area contributed by atoms with Gasteiger partial charge in [0.15, 0.2) is 5.69 Å². The standard InChI is InChI=1S/C25H18Cl2F3N3O2.CH4/c1-31-24(34)17-7-5-15(6-8-17)16-9-11-19(12-10-16)35-14-18-13-22(25(28,29)30)32-33(18)23-20(26)3-2-4-21(23)27;/h2-13H,14H2,1H3,(H,31,34);1H4. The molecule has 0 unspecified atom stereocenters. The second kappa shape index (κ2) is 11.1. The number of benzene rings is 3. The monoisotopic (exact) mass is 535 g/mol. The van der Waals surface area contributed by atoms with E-state index >= 15 is 0 Å². The van der Waals surface area contributed by atoms with Gasteiger partial charge in [-0.15, -0.1) is 0 Å². The van der Waals surface area contributed by atoms with E-state index < -0.39 is 11.9 Å². The molecule has 0 fully saturated rings. The Morgan fingerprint density at radius 1 is 0.972 bits per heavy atom. The van der Waals surface area contributed by atoms with E-state index in [0.29, 0.717) is 11.3 Å². The van der Waals surface area contributed by atoms with Crippen LogP contribution in [-0.2, 0) is 12.8 Å². The van der Waals surface area contributed by atoms with Crippen molar-refractivity contribution >= 4 is 29.1 Å². The number of hydrogen-bond acceptors (Lipinski definition) is 3. The van der Waals surface area contributed by atoms with E-state index in [1.54, 1.807) is 37.4 Å². The average molecular weight is 536 g/mol. The molecule has 1 aromatic heterocycles. The van der Waals surface area contributed by atoms with Gasteiger partial charge in [-0.25, -0.2) is 4.68 Å². The number of ether oxygens (including phenoxy) is 1. The van der Waals surface area contributed by atoms with Crippen LogP contribution in [0.3, 0.4) is 0 Å². The third-order valence-corrected chi connectivity index (χ3v) is 5.78. The summed E-state index contributed by atoms with van der Waals surface area (Å²) >= 11 is 12.4. The zero-order valence-electron chi connectivity index (χ0n) is 18.2. The van der Waals surface area contributed by atoms with Crippen molar-refractivity contribution in [2.24, 2.45) is 0 Å².